The van der Waals surface area contributed by atoms with Crippen molar-refractivity contribution in [1.29, 1.82) is 0 Å². The van der Waals surface area contributed by atoms with E-state index < -0.39 is 0 Å². The Kier molecular flexibility index (Phi) is 29.1. The quantitative estimate of drug-likeness (QED) is 0.123. The van der Waals surface area contributed by atoms with E-state index in [1.54, 1.807) is 0 Å². The average Bonchev–Trinajstić information content (AvgIpc) is 3.70. The zero-order chi connectivity index (χ0) is 22.8. The van der Waals surface area contributed by atoms with E-state index in [0.29, 0.717) is 33.0 Å². The van der Waals surface area contributed by atoms with Crippen LogP contribution in [0.25, 0.3) is 27.0 Å². The zero-order valence-electron chi connectivity index (χ0n) is 18.8. The summed E-state index contributed by atoms with van der Waals surface area (Å²) in [5.74, 6) is 0. The number of aliphatic hydroxyl groups excluding tert-OH is 2. The smallest absolute Gasteiger partial charge is 0.396 e. The van der Waals surface area contributed by atoms with Crippen molar-refractivity contribution in [3.05, 3.63) is 62.4 Å². The van der Waals surface area contributed by atoms with Crippen LogP contribution in [0.1, 0.15) is 17.5 Å². The molecule has 0 spiro atoms. The first kappa shape index (κ1) is 33.2. The summed E-state index contributed by atoms with van der Waals surface area (Å²) < 4.78 is 14.4. The van der Waals surface area contributed by atoms with Crippen LogP contribution in [0.3, 0.4) is 0 Å². The van der Waals surface area contributed by atoms with Crippen molar-refractivity contribution < 1.29 is 75.8 Å². The number of hydrogen-bond donors (Lipinski definition) is 2. The van der Waals surface area contributed by atoms with Gasteiger partial charge < -0.3 is 24.4 Å². The number of aliphatic hydroxyl groups is 2. The molecule has 1 aromatic carbocycles. The van der Waals surface area contributed by atoms with E-state index in [9.17, 15) is 0 Å². The molecule has 0 radical (unpaired) electrons. The molecule has 0 amide bonds. The van der Waals surface area contributed by atoms with Crippen LogP contribution in [0.4, 0.5) is 0 Å². The van der Waals surface area contributed by atoms with Gasteiger partial charge in [0.25, 0.3) is 0 Å². The average molecular weight is 476 g/mol. The molecule has 0 saturated carbocycles. The van der Waals surface area contributed by atoms with Gasteiger partial charge in [-0.3, -0.25) is 0 Å². The van der Waals surface area contributed by atoms with Crippen LogP contribution >= 0.6 is 0 Å². The number of aryl methyl sites for hydroxylation is 1. The van der Waals surface area contributed by atoms with Crippen molar-refractivity contribution in [1.82, 2.24) is 0 Å². The maximum absolute atomic E-state index is 8.32. The Morgan fingerprint density at radius 2 is 1.53 bits per heavy atom. The Morgan fingerprint density at radius 3 is 2.06 bits per heavy atom. The van der Waals surface area contributed by atoms with E-state index in [-0.39, 0.29) is 71.1 Å². The first-order valence-electron chi connectivity index (χ1n) is 10.0. The molecule has 2 aliphatic rings. The molecule has 0 atom stereocenters. The minimum atomic E-state index is -0.0654. The standard InChI is InChI=1S/C10H10.C6H13N3O3.C2H5N3O.C2H4O.K/c1-2-6-10-8-4-3-7-9(10)5-1;7-9-8-1-3-11-5-6-12-4-2-10;3-5-4-1-2-6;1-2-3-1;/h1-3,5-7H,4,8H2;10H,1-6H2;6H,1-2H2;1-2H2;/q;;;;+1. The number of hydrogen-bond acceptors (Lipinski definition) is 7. The number of epoxide rings is 1. The number of azide groups is 2. The van der Waals surface area contributed by atoms with Gasteiger partial charge in [-0.15, -0.1) is 0 Å². The van der Waals surface area contributed by atoms with Crippen molar-refractivity contribution in [2.75, 3.05) is 65.9 Å². The number of benzene rings is 1. The zero-order valence-corrected chi connectivity index (χ0v) is 21.9. The van der Waals surface area contributed by atoms with Crippen LogP contribution in [0, 0.1) is 0 Å². The third-order valence-corrected chi connectivity index (χ3v) is 3.41. The predicted molar refractivity (Wildman–Crippen MR) is 118 cm³/mol. The largest absolute Gasteiger partial charge is 1.00 e. The fraction of sp³-hybridized carbons (Fsp3) is 0.600. The van der Waals surface area contributed by atoms with E-state index in [2.05, 4.69) is 61.2 Å². The third-order valence-electron chi connectivity index (χ3n) is 3.41. The normalized spacial score (nSPS) is 11.7. The van der Waals surface area contributed by atoms with Crippen LogP contribution in [0.15, 0.2) is 40.6 Å². The van der Waals surface area contributed by atoms with Gasteiger partial charge in [-0.05, 0) is 35.0 Å². The van der Waals surface area contributed by atoms with Crippen LogP contribution in [-0.4, -0.2) is 76.2 Å². The number of fused-ring (bicyclic) bond motifs is 1. The van der Waals surface area contributed by atoms with Crippen LogP contribution in [0.2, 0.25) is 0 Å². The van der Waals surface area contributed by atoms with E-state index in [1.165, 1.54) is 24.0 Å². The fourth-order valence-corrected chi connectivity index (χ4v) is 2.00. The van der Waals surface area contributed by atoms with E-state index in [1.807, 2.05) is 0 Å². The first-order valence-corrected chi connectivity index (χ1v) is 10.0. The first-order chi connectivity index (χ1) is 15.3. The van der Waals surface area contributed by atoms with Gasteiger partial charge in [0, 0.05) is 29.5 Å². The van der Waals surface area contributed by atoms with Crippen molar-refractivity contribution in [2.24, 2.45) is 10.2 Å². The molecule has 172 valence electrons. The summed E-state index contributed by atoms with van der Waals surface area (Å²) in [5.41, 5.74) is 18.3. The number of allylic oxidation sites excluding steroid dienone is 1. The van der Waals surface area contributed by atoms with Gasteiger partial charge in [0.05, 0.1) is 46.2 Å². The fourth-order valence-electron chi connectivity index (χ4n) is 2.00. The van der Waals surface area contributed by atoms with Gasteiger partial charge in [-0.1, -0.05) is 46.6 Å². The van der Waals surface area contributed by atoms with Gasteiger partial charge in [0.15, 0.2) is 0 Å². The summed E-state index contributed by atoms with van der Waals surface area (Å²) in [4.78, 5) is 4.95. The van der Waals surface area contributed by atoms with Crippen molar-refractivity contribution in [3.8, 4) is 0 Å². The third kappa shape index (κ3) is 25.3. The minimum Gasteiger partial charge on any atom is -0.396 e. The van der Waals surface area contributed by atoms with Gasteiger partial charge in [0.1, 0.15) is 0 Å². The second-order valence-electron chi connectivity index (χ2n) is 5.83. The summed E-state index contributed by atoms with van der Waals surface area (Å²) >= 11 is 0. The molecule has 0 unspecified atom stereocenters. The summed E-state index contributed by atoms with van der Waals surface area (Å²) in [6.45, 7) is 4.14. The second kappa shape index (κ2) is 28.0. The molecular formula is C20H32KN6O5+. The minimum absolute atomic E-state index is 0. The molecule has 32 heavy (non-hydrogen) atoms. The van der Waals surface area contributed by atoms with Crippen LogP contribution < -0.4 is 51.4 Å². The molecule has 1 heterocycles. The molecule has 1 aliphatic carbocycles. The molecule has 12 heteroatoms. The van der Waals surface area contributed by atoms with Crippen molar-refractivity contribution >= 4 is 6.08 Å². The molecule has 1 aliphatic heterocycles. The Bertz CT molecular complexity index is 677. The maximum atomic E-state index is 8.32. The number of nitrogens with zero attached hydrogens (tertiary/aromatic N) is 6. The predicted octanol–water partition coefficient (Wildman–Crippen LogP) is 0.278. The van der Waals surface area contributed by atoms with E-state index in [4.69, 9.17) is 30.7 Å². The van der Waals surface area contributed by atoms with Gasteiger partial charge in [-0.2, -0.15) is 0 Å². The Hall–Kier alpha value is -0.984. The molecule has 1 aromatic rings. The van der Waals surface area contributed by atoms with Crippen molar-refractivity contribution in [2.45, 2.75) is 12.8 Å². The van der Waals surface area contributed by atoms with E-state index in [0.717, 1.165) is 13.2 Å². The molecule has 1 fully saturated rings. The summed E-state index contributed by atoms with van der Waals surface area (Å²) in [6.07, 6.45) is 6.87. The summed E-state index contributed by atoms with van der Waals surface area (Å²) in [7, 11) is 0. The summed E-state index contributed by atoms with van der Waals surface area (Å²) in [5, 5.41) is 22.6. The molecule has 2 N–H and O–H groups in total. The van der Waals surface area contributed by atoms with Gasteiger partial charge in [0.2, 0.25) is 0 Å². The van der Waals surface area contributed by atoms with E-state index >= 15 is 0 Å². The van der Waals surface area contributed by atoms with Crippen molar-refractivity contribution in [3.63, 3.8) is 0 Å². The molecule has 0 bridgehead atoms. The molecular weight excluding hydrogens is 443 g/mol. The summed E-state index contributed by atoms with van der Waals surface area (Å²) in [6, 6.07) is 8.58. The Balaban J connectivity index is 0. The molecule has 0 aromatic heterocycles. The molecule has 3 rings (SSSR count). The van der Waals surface area contributed by atoms with Gasteiger partial charge >= 0.3 is 51.4 Å². The Labute approximate surface area is 231 Å². The van der Waals surface area contributed by atoms with Crippen LogP contribution in [-0.2, 0) is 20.6 Å². The molecule has 1 saturated heterocycles. The monoisotopic (exact) mass is 475 g/mol. The SMILES string of the molecule is C1=Cc2ccccc2CC1.C1CO1.[K+].[N-]=[N+]=NCCO.[N-]=[N+]=NCCOCCOCCO. The van der Waals surface area contributed by atoms with Gasteiger partial charge in [-0.25, -0.2) is 0 Å². The topological polar surface area (TPSA) is 169 Å². The number of rotatable bonds is 10. The van der Waals surface area contributed by atoms with Crippen LogP contribution in [0.5, 0.6) is 0 Å². The Morgan fingerprint density at radius 1 is 0.906 bits per heavy atom. The molecule has 11 nitrogen and oxygen atoms in total. The number of ether oxygens (including phenoxy) is 3. The maximum Gasteiger partial charge on any atom is 1.00 e. The second-order valence-corrected chi connectivity index (χ2v) is 5.83.